The third kappa shape index (κ3) is 2.91. The average molecular weight is 287 g/mol. The molecule has 1 unspecified atom stereocenters. The zero-order chi connectivity index (χ0) is 14.7. The van der Waals surface area contributed by atoms with Crippen LogP contribution < -0.4 is 16.0 Å². The molecule has 1 atom stereocenters. The predicted octanol–water partition coefficient (Wildman–Crippen LogP) is 1.37. The number of aryl methyl sites for hydroxylation is 1. The van der Waals surface area contributed by atoms with Gasteiger partial charge in [-0.2, -0.15) is 5.10 Å². The lowest BCUT2D eigenvalue weighted by atomic mass is 10.0. The van der Waals surface area contributed by atoms with E-state index in [0.29, 0.717) is 0 Å². The molecule has 0 saturated carbocycles. The maximum Gasteiger partial charge on any atom is 0.138 e. The first-order chi connectivity index (χ1) is 10.3. The largest absolute Gasteiger partial charge is 0.493 e. The fourth-order valence-electron chi connectivity index (χ4n) is 2.72. The highest BCUT2D eigenvalue weighted by atomic mass is 16.5. The minimum atomic E-state index is 0.0238. The fraction of sp³-hybridized carbons (Fsp3) is 0.467. The second-order valence-electron chi connectivity index (χ2n) is 5.29. The molecule has 1 aromatic carbocycles. The van der Waals surface area contributed by atoms with Gasteiger partial charge in [0.25, 0.3) is 0 Å². The Labute approximate surface area is 124 Å². The van der Waals surface area contributed by atoms with Crippen molar-refractivity contribution in [3.05, 3.63) is 41.5 Å². The van der Waals surface area contributed by atoms with Crippen LogP contribution in [0.5, 0.6) is 5.75 Å². The van der Waals surface area contributed by atoms with Crippen LogP contribution in [0.2, 0.25) is 0 Å². The fourth-order valence-corrected chi connectivity index (χ4v) is 2.72. The Morgan fingerprint density at radius 2 is 2.38 bits per heavy atom. The summed E-state index contributed by atoms with van der Waals surface area (Å²) >= 11 is 0. The van der Waals surface area contributed by atoms with Gasteiger partial charge in [0.05, 0.1) is 12.6 Å². The van der Waals surface area contributed by atoms with Gasteiger partial charge in [0.15, 0.2) is 0 Å². The standard InChI is InChI=1S/C15H21N5O/c1-2-6-20-15(17-10-18-20)9-13(19-16)11-3-4-14-12(8-11)5-7-21-14/h3-4,8,10,13,19H,2,5-7,9,16H2,1H3. The highest BCUT2D eigenvalue weighted by Crippen LogP contribution is 2.28. The number of nitrogens with zero attached hydrogens (tertiary/aromatic N) is 3. The van der Waals surface area contributed by atoms with Crippen LogP contribution in [0.3, 0.4) is 0 Å². The van der Waals surface area contributed by atoms with E-state index in [-0.39, 0.29) is 6.04 Å². The van der Waals surface area contributed by atoms with Crippen molar-refractivity contribution in [2.24, 2.45) is 5.84 Å². The van der Waals surface area contributed by atoms with E-state index in [4.69, 9.17) is 10.6 Å². The molecule has 112 valence electrons. The van der Waals surface area contributed by atoms with Gasteiger partial charge in [0.1, 0.15) is 17.9 Å². The Morgan fingerprint density at radius 1 is 1.48 bits per heavy atom. The summed E-state index contributed by atoms with van der Waals surface area (Å²) in [5.74, 6) is 7.70. The summed E-state index contributed by atoms with van der Waals surface area (Å²) in [4.78, 5) is 4.35. The van der Waals surface area contributed by atoms with E-state index in [2.05, 4.69) is 34.6 Å². The van der Waals surface area contributed by atoms with Crippen LogP contribution in [0.1, 0.15) is 36.3 Å². The molecule has 1 aliphatic heterocycles. The Bertz CT molecular complexity index is 610. The first-order valence-corrected chi connectivity index (χ1v) is 7.40. The monoisotopic (exact) mass is 287 g/mol. The molecule has 0 saturated heterocycles. The normalized spacial score (nSPS) is 14.8. The zero-order valence-corrected chi connectivity index (χ0v) is 12.2. The van der Waals surface area contributed by atoms with Crippen LogP contribution in [-0.4, -0.2) is 21.4 Å². The van der Waals surface area contributed by atoms with E-state index in [1.165, 1.54) is 5.56 Å². The number of hydrogen-bond acceptors (Lipinski definition) is 5. The molecule has 1 aromatic heterocycles. The molecule has 6 nitrogen and oxygen atoms in total. The molecule has 0 aliphatic carbocycles. The van der Waals surface area contributed by atoms with Crippen LogP contribution >= 0.6 is 0 Å². The molecule has 6 heteroatoms. The lowest BCUT2D eigenvalue weighted by Gasteiger charge is -2.17. The van der Waals surface area contributed by atoms with Crippen LogP contribution in [-0.2, 0) is 19.4 Å². The number of hydrogen-bond donors (Lipinski definition) is 2. The van der Waals surface area contributed by atoms with Gasteiger partial charge in [-0.25, -0.2) is 4.98 Å². The molecular weight excluding hydrogens is 266 g/mol. The molecule has 21 heavy (non-hydrogen) atoms. The van der Waals surface area contributed by atoms with E-state index < -0.39 is 0 Å². The number of ether oxygens (including phenoxy) is 1. The highest BCUT2D eigenvalue weighted by Gasteiger charge is 2.18. The number of aromatic nitrogens is 3. The van der Waals surface area contributed by atoms with Crippen molar-refractivity contribution < 1.29 is 4.74 Å². The first-order valence-electron chi connectivity index (χ1n) is 7.40. The van der Waals surface area contributed by atoms with Crippen molar-refractivity contribution in [2.45, 2.75) is 38.8 Å². The molecule has 0 amide bonds. The van der Waals surface area contributed by atoms with Gasteiger partial charge in [-0.05, 0) is 23.6 Å². The van der Waals surface area contributed by atoms with Crippen LogP contribution in [0, 0.1) is 0 Å². The van der Waals surface area contributed by atoms with Crippen molar-refractivity contribution in [1.82, 2.24) is 20.2 Å². The van der Waals surface area contributed by atoms with Crippen molar-refractivity contribution in [3.8, 4) is 5.75 Å². The molecule has 2 aromatic rings. The second kappa shape index (κ2) is 6.24. The summed E-state index contributed by atoms with van der Waals surface area (Å²) in [6.45, 7) is 3.78. The van der Waals surface area contributed by atoms with Gasteiger partial charge < -0.3 is 4.74 Å². The third-order valence-corrected chi connectivity index (χ3v) is 3.83. The van der Waals surface area contributed by atoms with Crippen molar-refractivity contribution in [2.75, 3.05) is 6.61 Å². The minimum absolute atomic E-state index is 0.0238. The lowest BCUT2D eigenvalue weighted by molar-refractivity contribution is 0.356. The Kier molecular flexibility index (Phi) is 4.17. The van der Waals surface area contributed by atoms with Gasteiger partial charge >= 0.3 is 0 Å². The summed E-state index contributed by atoms with van der Waals surface area (Å²) in [6, 6.07) is 6.29. The molecular formula is C15H21N5O. The molecule has 0 radical (unpaired) electrons. The third-order valence-electron chi connectivity index (χ3n) is 3.83. The number of rotatable bonds is 6. The molecule has 0 spiro atoms. The number of hydrazine groups is 1. The number of nitrogens with one attached hydrogen (secondary N) is 1. The molecule has 0 fully saturated rings. The Balaban J connectivity index is 1.80. The van der Waals surface area contributed by atoms with E-state index in [0.717, 1.165) is 49.6 Å². The minimum Gasteiger partial charge on any atom is -0.493 e. The van der Waals surface area contributed by atoms with Gasteiger partial charge in [-0.15, -0.1) is 0 Å². The van der Waals surface area contributed by atoms with Crippen LogP contribution in [0.15, 0.2) is 24.5 Å². The lowest BCUT2D eigenvalue weighted by Crippen LogP contribution is -2.30. The van der Waals surface area contributed by atoms with E-state index in [9.17, 15) is 0 Å². The van der Waals surface area contributed by atoms with Gasteiger partial charge in [0, 0.05) is 19.4 Å². The second-order valence-corrected chi connectivity index (χ2v) is 5.29. The highest BCUT2D eigenvalue weighted by molar-refractivity contribution is 5.40. The van der Waals surface area contributed by atoms with E-state index >= 15 is 0 Å². The predicted molar refractivity (Wildman–Crippen MR) is 79.7 cm³/mol. The van der Waals surface area contributed by atoms with E-state index in [1.807, 2.05) is 10.7 Å². The Morgan fingerprint density at radius 3 is 3.19 bits per heavy atom. The number of benzene rings is 1. The van der Waals surface area contributed by atoms with Crippen molar-refractivity contribution >= 4 is 0 Å². The summed E-state index contributed by atoms with van der Waals surface area (Å²) in [6.07, 6.45) is 4.32. The molecule has 0 bridgehead atoms. The van der Waals surface area contributed by atoms with Crippen molar-refractivity contribution in [1.29, 1.82) is 0 Å². The first kappa shape index (κ1) is 14.0. The van der Waals surface area contributed by atoms with Gasteiger partial charge in [-0.3, -0.25) is 16.0 Å². The zero-order valence-electron chi connectivity index (χ0n) is 12.2. The van der Waals surface area contributed by atoms with Gasteiger partial charge in [0.2, 0.25) is 0 Å². The van der Waals surface area contributed by atoms with Crippen molar-refractivity contribution in [3.63, 3.8) is 0 Å². The number of nitrogens with two attached hydrogens (primary N) is 1. The summed E-state index contributed by atoms with van der Waals surface area (Å²) in [5.41, 5.74) is 5.31. The summed E-state index contributed by atoms with van der Waals surface area (Å²) in [5, 5.41) is 4.26. The Hall–Kier alpha value is -1.92. The SMILES string of the molecule is CCCn1ncnc1CC(NN)c1ccc2c(c1)CCO2. The quantitative estimate of drug-likeness (QED) is 0.620. The van der Waals surface area contributed by atoms with Crippen LogP contribution in [0.4, 0.5) is 0 Å². The van der Waals surface area contributed by atoms with Crippen LogP contribution in [0.25, 0.3) is 0 Å². The maximum absolute atomic E-state index is 5.75. The summed E-state index contributed by atoms with van der Waals surface area (Å²) in [7, 11) is 0. The topological polar surface area (TPSA) is 78.0 Å². The van der Waals surface area contributed by atoms with Gasteiger partial charge in [-0.1, -0.05) is 19.1 Å². The smallest absolute Gasteiger partial charge is 0.138 e. The molecule has 3 N–H and O–H groups in total. The average Bonchev–Trinajstić information content (AvgIpc) is 3.13. The molecule has 2 heterocycles. The van der Waals surface area contributed by atoms with E-state index in [1.54, 1.807) is 6.33 Å². The number of fused-ring (bicyclic) bond motifs is 1. The summed E-state index contributed by atoms with van der Waals surface area (Å²) < 4.78 is 7.49. The molecule has 3 rings (SSSR count). The molecule has 1 aliphatic rings. The maximum atomic E-state index is 5.75.